The third kappa shape index (κ3) is 7.91. The fourth-order valence-electron chi connectivity index (χ4n) is 3.37. The van der Waals surface area contributed by atoms with E-state index >= 15 is 0 Å². The summed E-state index contributed by atoms with van der Waals surface area (Å²) in [4.78, 5) is 1.29. The van der Waals surface area contributed by atoms with E-state index in [1.165, 1.54) is 21.6 Å². The predicted octanol–water partition coefficient (Wildman–Crippen LogP) is 8.85. The second kappa shape index (κ2) is 13.4. The molecule has 0 nitrogen and oxygen atoms in total. The van der Waals surface area contributed by atoms with Gasteiger partial charge >= 0.3 is 0 Å². The molecule has 0 aliphatic rings. The van der Waals surface area contributed by atoms with E-state index in [-0.39, 0.29) is 0 Å². The number of halogens is 2. The first-order valence-corrected chi connectivity index (χ1v) is 11.9. The predicted molar refractivity (Wildman–Crippen MR) is 135 cm³/mol. The maximum Gasteiger partial charge on any atom is 0.0452 e. The van der Waals surface area contributed by atoms with E-state index < -0.39 is 0 Å². The lowest BCUT2D eigenvalue weighted by molar-refractivity contribution is 0.666. The average Bonchev–Trinajstić information content (AvgIpc) is 2.67. The van der Waals surface area contributed by atoms with Crippen LogP contribution in [0.5, 0.6) is 0 Å². The van der Waals surface area contributed by atoms with E-state index in [0.717, 1.165) is 42.0 Å². The van der Waals surface area contributed by atoms with Crippen LogP contribution < -0.4 is 0 Å². The number of aryl methyl sites for hydroxylation is 3. The van der Waals surface area contributed by atoms with Gasteiger partial charge in [0.05, 0.1) is 0 Å². The lowest BCUT2D eigenvalue weighted by atomic mass is 9.88. The molecule has 1 atom stereocenters. The summed E-state index contributed by atoms with van der Waals surface area (Å²) in [5.41, 5.74) is 5.34. The number of benzene rings is 2. The Morgan fingerprint density at radius 1 is 1.07 bits per heavy atom. The highest BCUT2D eigenvalue weighted by atomic mass is 35.5. The van der Waals surface area contributed by atoms with Crippen LogP contribution in [0.2, 0.25) is 10.0 Å². The van der Waals surface area contributed by atoms with Crippen molar-refractivity contribution < 1.29 is 0 Å². The molecule has 0 amide bonds. The minimum absolute atomic E-state index is 0.557. The van der Waals surface area contributed by atoms with Crippen LogP contribution in [0.25, 0.3) is 0 Å². The molecular formula is C24H30Cl2S2. The Hall–Kier alpha value is -0.800. The molecule has 0 saturated carbocycles. The molecule has 28 heavy (non-hydrogen) atoms. The summed E-state index contributed by atoms with van der Waals surface area (Å²) in [6.45, 7) is 10.9. The van der Waals surface area contributed by atoms with Crippen molar-refractivity contribution in [3.63, 3.8) is 0 Å². The maximum atomic E-state index is 6.29. The molecule has 152 valence electrons. The number of thiocarbonyl (C=S) groups is 1. The maximum absolute atomic E-state index is 6.29. The van der Waals surface area contributed by atoms with Crippen LogP contribution in [0.1, 0.15) is 54.9 Å². The largest absolute Gasteiger partial charge is 0.132 e. The Morgan fingerprint density at radius 3 is 2.36 bits per heavy atom. The number of hydrogen-bond acceptors (Lipinski definition) is 2. The number of hydrogen-bond donors (Lipinski definition) is 0. The minimum Gasteiger partial charge on any atom is -0.132 e. The first kappa shape index (κ1) is 25.2. The van der Waals surface area contributed by atoms with Crippen LogP contribution in [0.3, 0.4) is 0 Å². The quantitative estimate of drug-likeness (QED) is 0.348. The Morgan fingerprint density at radius 2 is 1.79 bits per heavy atom. The van der Waals surface area contributed by atoms with Crippen molar-refractivity contribution >= 4 is 53.1 Å². The summed E-state index contributed by atoms with van der Waals surface area (Å²) in [6, 6.07) is 12.7. The van der Waals surface area contributed by atoms with Crippen molar-refractivity contribution in [2.24, 2.45) is 0 Å². The van der Waals surface area contributed by atoms with Crippen LogP contribution in [-0.4, -0.2) is 11.6 Å². The van der Waals surface area contributed by atoms with Crippen molar-refractivity contribution in [1.82, 2.24) is 0 Å². The molecule has 0 aliphatic heterocycles. The molecule has 2 aromatic rings. The molecule has 0 N–H and O–H groups in total. The Labute approximate surface area is 190 Å². The molecule has 0 spiro atoms. The summed E-state index contributed by atoms with van der Waals surface area (Å²) >= 11 is 18.0. The van der Waals surface area contributed by atoms with Crippen LogP contribution in [0.15, 0.2) is 47.9 Å². The second-order valence-electron chi connectivity index (χ2n) is 6.71. The third-order valence-electron chi connectivity index (χ3n) is 4.79. The van der Waals surface area contributed by atoms with Gasteiger partial charge in [0, 0.05) is 10.0 Å². The van der Waals surface area contributed by atoms with Crippen LogP contribution in [0, 0.1) is 6.92 Å². The van der Waals surface area contributed by atoms with Gasteiger partial charge < -0.3 is 0 Å². The molecule has 1 unspecified atom stereocenters. The van der Waals surface area contributed by atoms with Gasteiger partial charge in [-0.25, -0.2) is 0 Å². The average molecular weight is 454 g/mol. The number of thioether (sulfide) groups is 1. The van der Waals surface area contributed by atoms with Gasteiger partial charge in [0.1, 0.15) is 0 Å². The molecule has 2 aromatic carbocycles. The van der Waals surface area contributed by atoms with Gasteiger partial charge in [-0.15, -0.1) is 11.8 Å². The number of allylic oxidation sites excluding steroid dienone is 1. The standard InChI is InChI=1S/C23H28Cl2S.CH2S/c1-5-19(14-17(4)26-6-2)22-12-8-18(13-16(22)3)7-9-20-10-11-21(24)15-23(20)25;1-2/h8,10-13,15,19H,4-7,9,14H2,1-3H3;1H2. The van der Waals surface area contributed by atoms with Gasteiger partial charge in [-0.2, -0.15) is 0 Å². The second-order valence-corrected chi connectivity index (χ2v) is 8.99. The van der Waals surface area contributed by atoms with E-state index in [2.05, 4.69) is 63.6 Å². The monoisotopic (exact) mass is 452 g/mol. The van der Waals surface area contributed by atoms with Crippen molar-refractivity contribution in [1.29, 1.82) is 0 Å². The topological polar surface area (TPSA) is 0 Å². The Bertz CT molecular complexity index is 771. The molecule has 4 heteroatoms. The zero-order chi connectivity index (χ0) is 21.1. The van der Waals surface area contributed by atoms with E-state index in [9.17, 15) is 0 Å². The molecule has 2 rings (SSSR count). The van der Waals surface area contributed by atoms with Gasteiger partial charge in [0.15, 0.2) is 0 Å². The Balaban J connectivity index is 0.00000190. The highest BCUT2D eigenvalue weighted by Crippen LogP contribution is 2.33. The zero-order valence-electron chi connectivity index (χ0n) is 17.1. The summed E-state index contributed by atoms with van der Waals surface area (Å²) in [7, 11) is 0. The van der Waals surface area contributed by atoms with Gasteiger partial charge in [0.2, 0.25) is 0 Å². The first-order chi connectivity index (χ1) is 13.4. The SMILES string of the molecule is C=C(CC(CC)c1ccc(CCc2ccc(Cl)cc2Cl)cc1C)SCC.C=S. The summed E-state index contributed by atoms with van der Waals surface area (Å²) in [6.07, 6.45) is 4.12. The minimum atomic E-state index is 0.557. The Kier molecular flexibility index (Phi) is 12.1. The summed E-state index contributed by atoms with van der Waals surface area (Å²) in [5.74, 6) is 4.49. The molecule has 0 aromatic heterocycles. The fraction of sp³-hybridized carbons (Fsp3) is 0.375. The smallest absolute Gasteiger partial charge is 0.0452 e. The molecule has 0 fully saturated rings. The lowest BCUT2D eigenvalue weighted by Crippen LogP contribution is -2.02. The van der Waals surface area contributed by atoms with Gasteiger partial charge in [0.25, 0.3) is 0 Å². The summed E-state index contributed by atoms with van der Waals surface area (Å²) < 4.78 is 0. The molecule has 0 aliphatic carbocycles. The van der Waals surface area contributed by atoms with Crippen LogP contribution in [-0.2, 0) is 12.8 Å². The lowest BCUT2D eigenvalue weighted by Gasteiger charge is -2.19. The van der Waals surface area contributed by atoms with E-state index in [1.807, 2.05) is 30.0 Å². The van der Waals surface area contributed by atoms with Crippen molar-refractivity contribution in [3.05, 3.63) is 80.2 Å². The first-order valence-electron chi connectivity index (χ1n) is 9.57. The third-order valence-corrected chi connectivity index (χ3v) is 6.24. The van der Waals surface area contributed by atoms with Crippen molar-refractivity contribution in [3.8, 4) is 0 Å². The van der Waals surface area contributed by atoms with E-state index in [0.29, 0.717) is 10.9 Å². The molecule has 0 radical (unpaired) electrons. The zero-order valence-corrected chi connectivity index (χ0v) is 20.2. The van der Waals surface area contributed by atoms with Gasteiger partial charge in [-0.1, -0.05) is 80.1 Å². The van der Waals surface area contributed by atoms with Crippen LogP contribution >= 0.6 is 47.2 Å². The summed E-state index contributed by atoms with van der Waals surface area (Å²) in [5, 5.41) is 1.44. The highest BCUT2D eigenvalue weighted by molar-refractivity contribution is 8.03. The fourth-order valence-corrected chi connectivity index (χ4v) is 4.60. The van der Waals surface area contributed by atoms with Gasteiger partial charge in [-0.3, -0.25) is 0 Å². The van der Waals surface area contributed by atoms with Gasteiger partial charge in [-0.05, 0) is 89.4 Å². The highest BCUT2D eigenvalue weighted by Gasteiger charge is 2.14. The number of rotatable bonds is 9. The molecule has 0 bridgehead atoms. The molecule has 0 saturated heterocycles. The molecule has 0 heterocycles. The van der Waals surface area contributed by atoms with Crippen molar-refractivity contribution in [2.45, 2.75) is 52.4 Å². The van der Waals surface area contributed by atoms with E-state index in [4.69, 9.17) is 23.2 Å². The normalized spacial score (nSPS) is 11.5. The van der Waals surface area contributed by atoms with Crippen LogP contribution in [0.4, 0.5) is 0 Å². The molecular weight excluding hydrogens is 423 g/mol. The van der Waals surface area contributed by atoms with Crippen molar-refractivity contribution in [2.75, 3.05) is 5.75 Å². The van der Waals surface area contributed by atoms with E-state index in [1.54, 1.807) is 0 Å².